The smallest absolute Gasteiger partial charge is 0.143 e. The van der Waals surface area contributed by atoms with Gasteiger partial charge < -0.3 is 4.74 Å². The largest absolute Gasteiger partial charge is 0.377 e. The van der Waals surface area contributed by atoms with Crippen molar-refractivity contribution in [2.45, 2.75) is 71.8 Å². The first kappa shape index (κ1) is 13.7. The number of hydrogen-bond acceptors (Lipinski definition) is 2. The maximum absolute atomic E-state index is 11.5. The van der Waals surface area contributed by atoms with Crippen molar-refractivity contribution >= 4 is 5.78 Å². The van der Waals surface area contributed by atoms with Gasteiger partial charge in [0.2, 0.25) is 0 Å². The van der Waals surface area contributed by atoms with Crippen LogP contribution in [0.15, 0.2) is 0 Å². The Morgan fingerprint density at radius 2 is 1.94 bits per heavy atom. The first-order valence-corrected chi connectivity index (χ1v) is 6.80. The van der Waals surface area contributed by atoms with E-state index in [1.54, 1.807) is 0 Å². The van der Waals surface area contributed by atoms with Crippen molar-refractivity contribution in [3.63, 3.8) is 0 Å². The predicted octanol–water partition coefficient (Wildman–Crippen LogP) is 3.73. The number of hydrogen-bond donors (Lipinski definition) is 0. The average Bonchev–Trinajstić information content (AvgIpc) is 2.31. The van der Waals surface area contributed by atoms with Crippen LogP contribution in [-0.4, -0.2) is 18.5 Å². The van der Waals surface area contributed by atoms with Crippen molar-refractivity contribution in [1.29, 1.82) is 0 Å². The number of carbonyl (C=O) groups is 1. The third-order valence-corrected chi connectivity index (χ3v) is 4.02. The third-order valence-electron chi connectivity index (χ3n) is 4.02. The van der Waals surface area contributed by atoms with Crippen LogP contribution in [0.5, 0.6) is 0 Å². The Hall–Kier alpha value is -0.370. The molecule has 94 valence electrons. The Morgan fingerprint density at radius 3 is 2.50 bits per heavy atom. The van der Waals surface area contributed by atoms with E-state index in [9.17, 15) is 4.79 Å². The maximum Gasteiger partial charge on any atom is 0.143 e. The van der Waals surface area contributed by atoms with Gasteiger partial charge in [-0.25, -0.2) is 0 Å². The summed E-state index contributed by atoms with van der Waals surface area (Å²) in [5.41, 5.74) is -0.177. The van der Waals surface area contributed by atoms with Gasteiger partial charge in [0.15, 0.2) is 0 Å². The molecule has 2 nitrogen and oxygen atoms in total. The van der Waals surface area contributed by atoms with Gasteiger partial charge in [-0.1, -0.05) is 46.5 Å². The van der Waals surface area contributed by atoms with E-state index >= 15 is 0 Å². The number of rotatable bonds is 8. The second-order valence-electron chi connectivity index (χ2n) is 5.17. The van der Waals surface area contributed by atoms with Crippen LogP contribution < -0.4 is 0 Å². The SMILES string of the molecule is CCCCCCCOC1CC(=O)C1(C)CC. The summed E-state index contributed by atoms with van der Waals surface area (Å²) in [5, 5.41) is 0. The Bertz CT molecular complexity index is 225. The predicted molar refractivity (Wildman–Crippen MR) is 66.5 cm³/mol. The van der Waals surface area contributed by atoms with E-state index in [0.717, 1.165) is 19.4 Å². The quantitative estimate of drug-likeness (QED) is 0.589. The molecule has 2 unspecified atom stereocenters. The molecule has 0 aliphatic heterocycles. The van der Waals surface area contributed by atoms with Crippen LogP contribution in [0.1, 0.15) is 65.7 Å². The molecule has 2 heteroatoms. The van der Waals surface area contributed by atoms with Crippen LogP contribution in [0.4, 0.5) is 0 Å². The molecule has 0 aromatic rings. The van der Waals surface area contributed by atoms with Crippen LogP contribution >= 0.6 is 0 Å². The van der Waals surface area contributed by atoms with Gasteiger partial charge in [0, 0.05) is 13.0 Å². The van der Waals surface area contributed by atoms with E-state index in [0.29, 0.717) is 12.2 Å². The van der Waals surface area contributed by atoms with E-state index < -0.39 is 0 Å². The highest BCUT2D eigenvalue weighted by atomic mass is 16.5. The first-order valence-electron chi connectivity index (χ1n) is 6.80. The van der Waals surface area contributed by atoms with Crippen LogP contribution in [0.25, 0.3) is 0 Å². The van der Waals surface area contributed by atoms with Crippen molar-refractivity contribution < 1.29 is 9.53 Å². The van der Waals surface area contributed by atoms with Crippen molar-refractivity contribution in [3.05, 3.63) is 0 Å². The van der Waals surface area contributed by atoms with E-state index in [2.05, 4.69) is 13.8 Å². The molecule has 1 aliphatic carbocycles. The van der Waals surface area contributed by atoms with Gasteiger partial charge in [-0.3, -0.25) is 4.79 Å². The molecule has 0 radical (unpaired) electrons. The Morgan fingerprint density at radius 1 is 1.25 bits per heavy atom. The molecule has 0 bridgehead atoms. The summed E-state index contributed by atoms with van der Waals surface area (Å²) in [7, 11) is 0. The molecule has 0 saturated heterocycles. The van der Waals surface area contributed by atoms with Crippen molar-refractivity contribution in [3.8, 4) is 0 Å². The zero-order valence-corrected chi connectivity index (χ0v) is 11.1. The summed E-state index contributed by atoms with van der Waals surface area (Å²) >= 11 is 0. The van der Waals surface area contributed by atoms with Crippen LogP contribution in [0, 0.1) is 5.41 Å². The number of Topliss-reactive ketones (excluding diaryl/α,β-unsaturated/α-hetero) is 1. The lowest BCUT2D eigenvalue weighted by Gasteiger charge is -2.44. The summed E-state index contributed by atoms with van der Waals surface area (Å²) in [5.74, 6) is 0.381. The van der Waals surface area contributed by atoms with Gasteiger partial charge in [-0.05, 0) is 12.8 Å². The van der Waals surface area contributed by atoms with Gasteiger partial charge >= 0.3 is 0 Å². The van der Waals surface area contributed by atoms with Crippen molar-refractivity contribution in [2.75, 3.05) is 6.61 Å². The molecule has 0 N–H and O–H groups in total. The molecule has 0 heterocycles. The van der Waals surface area contributed by atoms with E-state index in [1.807, 2.05) is 6.92 Å². The number of ether oxygens (including phenoxy) is 1. The summed E-state index contributed by atoms with van der Waals surface area (Å²) in [6.07, 6.45) is 8.07. The molecular formula is C14H26O2. The van der Waals surface area contributed by atoms with Gasteiger partial charge in [0.05, 0.1) is 11.5 Å². The molecule has 1 fully saturated rings. The summed E-state index contributed by atoms with van der Waals surface area (Å²) in [4.78, 5) is 11.5. The topological polar surface area (TPSA) is 26.3 Å². The van der Waals surface area contributed by atoms with Gasteiger partial charge in [-0.15, -0.1) is 0 Å². The standard InChI is InChI=1S/C14H26O2/c1-4-6-7-8-9-10-16-13-11-12(15)14(13,3)5-2/h13H,4-11H2,1-3H3. The zero-order valence-electron chi connectivity index (χ0n) is 11.1. The minimum absolute atomic E-state index is 0.177. The highest BCUT2D eigenvalue weighted by Gasteiger charge is 2.50. The minimum atomic E-state index is -0.177. The van der Waals surface area contributed by atoms with Gasteiger partial charge in [-0.2, -0.15) is 0 Å². The fraction of sp³-hybridized carbons (Fsp3) is 0.929. The van der Waals surface area contributed by atoms with Crippen molar-refractivity contribution in [2.24, 2.45) is 5.41 Å². The molecule has 16 heavy (non-hydrogen) atoms. The molecule has 0 aromatic heterocycles. The fourth-order valence-electron chi connectivity index (χ4n) is 2.27. The second-order valence-corrected chi connectivity index (χ2v) is 5.17. The number of unbranched alkanes of at least 4 members (excludes halogenated alkanes) is 4. The summed E-state index contributed by atoms with van der Waals surface area (Å²) in [6.45, 7) is 7.18. The van der Waals surface area contributed by atoms with Crippen LogP contribution in [0.3, 0.4) is 0 Å². The lowest BCUT2D eigenvalue weighted by Crippen LogP contribution is -2.53. The second kappa shape index (κ2) is 6.39. The summed E-state index contributed by atoms with van der Waals surface area (Å²) in [6, 6.07) is 0. The molecule has 2 atom stereocenters. The number of carbonyl (C=O) groups excluding carboxylic acids is 1. The Balaban J connectivity index is 2.08. The normalized spacial score (nSPS) is 29.2. The lowest BCUT2D eigenvalue weighted by atomic mass is 9.64. The monoisotopic (exact) mass is 226 g/mol. The molecule has 0 spiro atoms. The lowest BCUT2D eigenvalue weighted by molar-refractivity contribution is -0.161. The first-order chi connectivity index (χ1) is 7.65. The third kappa shape index (κ3) is 3.07. The minimum Gasteiger partial charge on any atom is -0.377 e. The highest BCUT2D eigenvalue weighted by molar-refractivity contribution is 5.91. The summed E-state index contributed by atoms with van der Waals surface area (Å²) < 4.78 is 5.81. The number of ketones is 1. The molecule has 0 amide bonds. The van der Waals surface area contributed by atoms with Crippen molar-refractivity contribution in [1.82, 2.24) is 0 Å². The molecule has 1 saturated carbocycles. The maximum atomic E-state index is 11.5. The molecule has 0 aromatic carbocycles. The molecular weight excluding hydrogens is 200 g/mol. The zero-order chi connectivity index (χ0) is 12.0. The average molecular weight is 226 g/mol. The van der Waals surface area contributed by atoms with E-state index in [-0.39, 0.29) is 11.5 Å². The van der Waals surface area contributed by atoms with Gasteiger partial charge in [0.25, 0.3) is 0 Å². The van der Waals surface area contributed by atoms with Crippen LogP contribution in [0.2, 0.25) is 0 Å². The fourth-order valence-corrected chi connectivity index (χ4v) is 2.27. The van der Waals surface area contributed by atoms with E-state index in [4.69, 9.17) is 4.74 Å². The molecule has 1 rings (SSSR count). The Labute approximate surface area is 99.8 Å². The molecule has 1 aliphatic rings. The van der Waals surface area contributed by atoms with Gasteiger partial charge in [0.1, 0.15) is 5.78 Å². The Kier molecular flexibility index (Phi) is 5.47. The highest BCUT2D eigenvalue weighted by Crippen LogP contribution is 2.42. The van der Waals surface area contributed by atoms with E-state index in [1.165, 1.54) is 25.7 Å². The van der Waals surface area contributed by atoms with Crippen LogP contribution in [-0.2, 0) is 9.53 Å².